The third-order valence-electron chi connectivity index (χ3n) is 2.81. The molecule has 0 saturated carbocycles. The number of halogens is 5. The van der Waals surface area contributed by atoms with Crippen LogP contribution in [-0.4, -0.2) is 12.0 Å². The Morgan fingerprint density at radius 1 is 1.33 bits per heavy atom. The molecule has 0 aromatic heterocycles. The largest absolute Gasteiger partial charge is 0.394 e. The van der Waals surface area contributed by atoms with Crippen LogP contribution in [0.15, 0.2) is 27.7 Å². The molecule has 98 valence electrons. The predicted molar refractivity (Wildman–Crippen MR) is 62.6 cm³/mol. The molecule has 0 aliphatic carbocycles. The van der Waals surface area contributed by atoms with E-state index < -0.39 is 24.0 Å². The van der Waals surface area contributed by atoms with Gasteiger partial charge < -0.3 is 5.73 Å². The number of nitrogens with zero attached hydrogens (tertiary/aromatic N) is 1. The Kier molecular flexibility index (Phi) is 3.35. The normalized spacial score (nSPS) is 24.2. The Bertz CT molecular complexity index is 498. The van der Waals surface area contributed by atoms with Gasteiger partial charge in [0.05, 0.1) is 17.8 Å². The van der Waals surface area contributed by atoms with Crippen molar-refractivity contribution in [2.45, 2.75) is 18.6 Å². The van der Waals surface area contributed by atoms with Crippen molar-refractivity contribution in [2.75, 3.05) is 0 Å². The van der Waals surface area contributed by atoms with E-state index in [9.17, 15) is 17.6 Å². The van der Waals surface area contributed by atoms with E-state index >= 15 is 0 Å². The zero-order valence-electron chi connectivity index (χ0n) is 9.01. The van der Waals surface area contributed by atoms with Gasteiger partial charge in [-0.05, 0) is 18.2 Å². The summed E-state index contributed by atoms with van der Waals surface area (Å²) in [6.07, 6.45) is -4.84. The molecule has 1 aliphatic rings. The number of alkyl halides is 3. The molecule has 2 N–H and O–H groups in total. The highest BCUT2D eigenvalue weighted by Gasteiger charge is 2.49. The fourth-order valence-electron chi connectivity index (χ4n) is 1.98. The average molecular weight is 325 g/mol. The van der Waals surface area contributed by atoms with Crippen molar-refractivity contribution < 1.29 is 17.6 Å². The summed E-state index contributed by atoms with van der Waals surface area (Å²) in [4.78, 5) is 3.72. The van der Waals surface area contributed by atoms with Crippen LogP contribution >= 0.6 is 15.9 Å². The smallest absolute Gasteiger partial charge is 0.387 e. The van der Waals surface area contributed by atoms with Gasteiger partial charge in [-0.2, -0.15) is 13.2 Å². The molecule has 2 nitrogen and oxygen atoms in total. The van der Waals surface area contributed by atoms with Gasteiger partial charge in [-0.25, -0.2) is 4.39 Å². The van der Waals surface area contributed by atoms with E-state index in [1.807, 2.05) is 0 Å². The molecule has 1 aromatic carbocycles. The van der Waals surface area contributed by atoms with Crippen LogP contribution < -0.4 is 5.73 Å². The number of hydrogen-bond donors (Lipinski definition) is 1. The topological polar surface area (TPSA) is 38.4 Å². The Labute approximate surface area is 109 Å². The molecule has 2 unspecified atom stereocenters. The Hall–Kier alpha value is -1.11. The highest BCUT2D eigenvalue weighted by atomic mass is 79.9. The lowest BCUT2D eigenvalue weighted by atomic mass is 9.92. The summed E-state index contributed by atoms with van der Waals surface area (Å²) in [5.74, 6) is -2.57. The molecule has 0 amide bonds. The van der Waals surface area contributed by atoms with Crippen LogP contribution in [0.1, 0.15) is 18.0 Å². The van der Waals surface area contributed by atoms with E-state index in [0.717, 1.165) is 6.07 Å². The van der Waals surface area contributed by atoms with Crippen molar-refractivity contribution in [1.29, 1.82) is 0 Å². The average Bonchev–Trinajstić information content (AvgIpc) is 2.63. The van der Waals surface area contributed by atoms with Gasteiger partial charge >= 0.3 is 6.18 Å². The van der Waals surface area contributed by atoms with E-state index in [4.69, 9.17) is 5.73 Å². The van der Waals surface area contributed by atoms with Crippen LogP contribution in [0.25, 0.3) is 0 Å². The number of amidine groups is 1. The lowest BCUT2D eigenvalue weighted by molar-refractivity contribution is -0.176. The lowest BCUT2D eigenvalue weighted by Gasteiger charge is -2.21. The molecule has 0 fully saturated rings. The van der Waals surface area contributed by atoms with Crippen LogP contribution in [0.2, 0.25) is 0 Å². The molecule has 0 saturated heterocycles. The van der Waals surface area contributed by atoms with Crippen LogP contribution in [0.4, 0.5) is 17.6 Å². The molecule has 1 heterocycles. The fraction of sp³-hybridized carbons (Fsp3) is 0.364. The van der Waals surface area contributed by atoms with E-state index in [-0.39, 0.29) is 17.8 Å². The molecule has 2 rings (SSSR count). The fourth-order valence-corrected chi connectivity index (χ4v) is 2.36. The van der Waals surface area contributed by atoms with E-state index in [1.54, 1.807) is 0 Å². The number of benzene rings is 1. The maximum atomic E-state index is 13.6. The number of hydrogen-bond acceptors (Lipinski definition) is 2. The quantitative estimate of drug-likeness (QED) is 0.788. The first kappa shape index (κ1) is 13.3. The van der Waals surface area contributed by atoms with Crippen LogP contribution in [0, 0.1) is 11.7 Å². The summed E-state index contributed by atoms with van der Waals surface area (Å²) in [6.45, 7) is 0. The maximum absolute atomic E-state index is 13.6. The van der Waals surface area contributed by atoms with Crippen molar-refractivity contribution in [3.05, 3.63) is 34.1 Å². The molecule has 1 aliphatic heterocycles. The third-order valence-corrected chi connectivity index (χ3v) is 3.31. The summed E-state index contributed by atoms with van der Waals surface area (Å²) >= 11 is 3.10. The Morgan fingerprint density at radius 2 is 2.00 bits per heavy atom. The molecular formula is C11H9BrF4N2. The minimum atomic E-state index is -4.45. The standard InChI is InChI=1S/C11H9BrF4N2/c12-5-1-2-8(13)6(3-5)10-7(11(14,15)16)4-9(17)18-10/h1-3,7,10H,4H2,(H2,17,18). The number of rotatable bonds is 1. The maximum Gasteiger partial charge on any atom is 0.394 e. The highest BCUT2D eigenvalue weighted by Crippen LogP contribution is 2.45. The van der Waals surface area contributed by atoms with Crippen molar-refractivity contribution in [1.82, 2.24) is 0 Å². The third kappa shape index (κ3) is 2.50. The molecule has 18 heavy (non-hydrogen) atoms. The number of nitrogens with two attached hydrogens (primary N) is 1. The molecule has 0 spiro atoms. The zero-order valence-corrected chi connectivity index (χ0v) is 10.6. The first-order valence-electron chi connectivity index (χ1n) is 5.13. The van der Waals surface area contributed by atoms with Gasteiger partial charge in [-0.15, -0.1) is 0 Å². The number of aliphatic imine (C=N–C) groups is 1. The minimum absolute atomic E-state index is 0.0906. The summed E-state index contributed by atoms with van der Waals surface area (Å²) in [7, 11) is 0. The van der Waals surface area contributed by atoms with E-state index in [2.05, 4.69) is 20.9 Å². The van der Waals surface area contributed by atoms with Crippen molar-refractivity contribution >= 4 is 21.8 Å². The molecule has 7 heteroatoms. The predicted octanol–water partition coefficient (Wildman–Crippen LogP) is 3.57. The Morgan fingerprint density at radius 3 is 2.61 bits per heavy atom. The summed E-state index contributed by atoms with van der Waals surface area (Å²) in [5.41, 5.74) is 5.26. The van der Waals surface area contributed by atoms with Gasteiger partial charge in [0.2, 0.25) is 0 Å². The van der Waals surface area contributed by atoms with E-state index in [1.165, 1.54) is 12.1 Å². The molecule has 1 aromatic rings. The second-order valence-corrected chi connectivity index (χ2v) is 5.00. The van der Waals surface area contributed by atoms with E-state index in [0.29, 0.717) is 4.47 Å². The highest BCUT2D eigenvalue weighted by molar-refractivity contribution is 9.10. The molecular weight excluding hydrogens is 316 g/mol. The first-order valence-corrected chi connectivity index (χ1v) is 5.92. The van der Waals surface area contributed by atoms with Gasteiger partial charge in [0.1, 0.15) is 5.82 Å². The summed E-state index contributed by atoms with van der Waals surface area (Å²) in [6, 6.07) is 2.53. The van der Waals surface area contributed by atoms with Crippen molar-refractivity contribution in [3.8, 4) is 0 Å². The van der Waals surface area contributed by atoms with Crippen molar-refractivity contribution in [2.24, 2.45) is 16.6 Å². The van der Waals surface area contributed by atoms with Crippen LogP contribution in [0.5, 0.6) is 0 Å². The second-order valence-electron chi connectivity index (χ2n) is 4.08. The molecule has 2 atom stereocenters. The summed E-state index contributed by atoms with van der Waals surface area (Å²) in [5, 5.41) is 0. The molecule has 0 radical (unpaired) electrons. The van der Waals surface area contributed by atoms with Gasteiger partial charge in [0, 0.05) is 16.5 Å². The lowest BCUT2D eigenvalue weighted by Crippen LogP contribution is -2.27. The second kappa shape index (κ2) is 4.53. The van der Waals surface area contributed by atoms with Crippen molar-refractivity contribution in [3.63, 3.8) is 0 Å². The first-order chi connectivity index (χ1) is 8.29. The zero-order chi connectivity index (χ0) is 13.5. The van der Waals surface area contributed by atoms with Gasteiger partial charge in [-0.3, -0.25) is 4.99 Å². The molecule has 0 bridgehead atoms. The van der Waals surface area contributed by atoms with Crippen LogP contribution in [-0.2, 0) is 0 Å². The SMILES string of the molecule is NC1=NC(c2cc(Br)ccc2F)C(C(F)(F)F)C1. The van der Waals surface area contributed by atoms with Gasteiger partial charge in [0.15, 0.2) is 0 Å². The van der Waals surface area contributed by atoms with Gasteiger partial charge in [0.25, 0.3) is 0 Å². The monoisotopic (exact) mass is 324 g/mol. The summed E-state index contributed by atoms with van der Waals surface area (Å²) < 4.78 is 52.6. The minimum Gasteiger partial charge on any atom is -0.387 e. The Balaban J connectivity index is 2.44. The van der Waals surface area contributed by atoms with Gasteiger partial charge in [-0.1, -0.05) is 15.9 Å². The van der Waals surface area contributed by atoms with Crippen LogP contribution in [0.3, 0.4) is 0 Å².